The molecule has 5 rings (SSSR count). The van der Waals surface area contributed by atoms with Crippen molar-refractivity contribution >= 4 is 43.1 Å². The normalized spacial score (nSPS) is 24.1. The van der Waals surface area contributed by atoms with Gasteiger partial charge in [0.25, 0.3) is 0 Å². The first-order chi connectivity index (χ1) is 19.3. The second-order valence-corrected chi connectivity index (χ2v) is 16.0. The summed E-state index contributed by atoms with van der Waals surface area (Å²) in [5.41, 5.74) is 0.888. The Morgan fingerprint density at radius 3 is 2.54 bits per heavy atom. The molecular formula is C31H43N5O3S2. The van der Waals surface area contributed by atoms with Gasteiger partial charge < -0.3 is 15.1 Å². The van der Waals surface area contributed by atoms with E-state index >= 15 is 0 Å². The van der Waals surface area contributed by atoms with Gasteiger partial charge in [0.05, 0.1) is 20.9 Å². The Bertz CT molecular complexity index is 1480. The molecule has 2 aromatic heterocycles. The molecule has 1 aliphatic heterocycles. The smallest absolute Gasteiger partial charge is 0.245 e. The molecule has 1 saturated heterocycles. The van der Waals surface area contributed by atoms with Gasteiger partial charge in [-0.05, 0) is 76.1 Å². The Balaban J connectivity index is 1.37. The summed E-state index contributed by atoms with van der Waals surface area (Å²) in [5.74, 6) is 0.636. The number of benzene rings is 1. The van der Waals surface area contributed by atoms with Crippen LogP contribution in [0.1, 0.15) is 65.2 Å². The summed E-state index contributed by atoms with van der Waals surface area (Å²) in [4.78, 5) is 28.7. The molecule has 0 bridgehead atoms. The van der Waals surface area contributed by atoms with Crippen LogP contribution in [0.3, 0.4) is 0 Å². The van der Waals surface area contributed by atoms with Crippen molar-refractivity contribution in [1.82, 2.24) is 19.8 Å². The number of thiophene rings is 1. The Labute approximate surface area is 248 Å². The molecule has 1 N–H and O–H groups in total. The lowest BCUT2D eigenvalue weighted by Crippen LogP contribution is -2.52. The third kappa shape index (κ3) is 6.29. The molecule has 1 amide bonds. The molecule has 10 heteroatoms. The topological polar surface area (TPSA) is 95.5 Å². The molecule has 4 atom stereocenters. The van der Waals surface area contributed by atoms with E-state index in [2.05, 4.69) is 67.9 Å². The zero-order valence-electron chi connectivity index (χ0n) is 25.0. The average Bonchev–Trinajstić information content (AvgIpc) is 3.53. The van der Waals surface area contributed by atoms with Crippen molar-refractivity contribution in [3.8, 4) is 0 Å². The molecule has 1 saturated carbocycles. The molecule has 0 unspecified atom stereocenters. The van der Waals surface area contributed by atoms with Crippen LogP contribution in [0.25, 0.3) is 10.2 Å². The van der Waals surface area contributed by atoms with Crippen LogP contribution in [-0.2, 0) is 20.0 Å². The molecule has 2 aliphatic rings. The SMILES string of the molecule is CC(C)N(C)[C@@H]1CC[C@H](N2CC[C@H](Nc3ncnc4cc(C(C)(C)C)sc34)C2=O)[C@H](CS(=O)(=O)c2ccccc2)C1. The van der Waals surface area contributed by atoms with Crippen LogP contribution in [0.5, 0.6) is 0 Å². The molecule has 41 heavy (non-hydrogen) atoms. The summed E-state index contributed by atoms with van der Waals surface area (Å²) < 4.78 is 28.0. The number of fused-ring (bicyclic) bond motifs is 1. The van der Waals surface area contributed by atoms with Crippen molar-refractivity contribution in [3.05, 3.63) is 47.6 Å². The Morgan fingerprint density at radius 2 is 1.85 bits per heavy atom. The van der Waals surface area contributed by atoms with Gasteiger partial charge in [-0.15, -0.1) is 11.3 Å². The molecule has 1 aromatic carbocycles. The van der Waals surface area contributed by atoms with E-state index in [1.54, 1.807) is 41.9 Å². The van der Waals surface area contributed by atoms with Crippen LogP contribution in [0, 0.1) is 5.92 Å². The van der Waals surface area contributed by atoms with E-state index in [4.69, 9.17) is 0 Å². The van der Waals surface area contributed by atoms with Crippen molar-refractivity contribution in [3.63, 3.8) is 0 Å². The minimum absolute atomic E-state index is 0.000191. The zero-order valence-corrected chi connectivity index (χ0v) is 26.6. The first-order valence-corrected chi connectivity index (χ1v) is 17.1. The minimum atomic E-state index is -3.49. The number of hydrogen-bond acceptors (Lipinski definition) is 8. The molecule has 0 radical (unpaired) electrons. The van der Waals surface area contributed by atoms with Crippen LogP contribution >= 0.6 is 11.3 Å². The van der Waals surface area contributed by atoms with Crippen molar-refractivity contribution in [2.75, 3.05) is 24.7 Å². The first-order valence-electron chi connectivity index (χ1n) is 14.7. The number of nitrogens with one attached hydrogen (secondary N) is 1. The van der Waals surface area contributed by atoms with Gasteiger partial charge in [0.1, 0.15) is 18.2 Å². The van der Waals surface area contributed by atoms with E-state index in [9.17, 15) is 13.2 Å². The maximum Gasteiger partial charge on any atom is 0.245 e. The summed E-state index contributed by atoms with van der Waals surface area (Å²) >= 11 is 1.67. The van der Waals surface area contributed by atoms with E-state index in [1.165, 1.54) is 4.88 Å². The van der Waals surface area contributed by atoms with E-state index < -0.39 is 15.9 Å². The monoisotopic (exact) mass is 597 g/mol. The number of hydrogen-bond donors (Lipinski definition) is 1. The standard InChI is InChI=1S/C31H43N5O3S2/c1-20(2)35(6)22-12-13-26(21(16-22)18-41(38,39)23-10-8-7-9-11-23)36-15-14-24(30(36)37)34-29-28-25(32-19-33-29)17-27(40-28)31(3,4)5/h7-11,17,19-22,24,26H,12-16,18H2,1-6H3,(H,32,33,34)/t21-,22+,24-,26-/m0/s1. The van der Waals surface area contributed by atoms with Crippen LogP contribution in [0.4, 0.5) is 5.82 Å². The third-order valence-electron chi connectivity index (χ3n) is 8.84. The molecule has 3 aromatic rings. The summed E-state index contributed by atoms with van der Waals surface area (Å²) in [6.45, 7) is 11.5. The maximum absolute atomic E-state index is 13.9. The van der Waals surface area contributed by atoms with Gasteiger partial charge in [0.15, 0.2) is 9.84 Å². The van der Waals surface area contributed by atoms with E-state index in [1.807, 2.05) is 11.0 Å². The lowest BCUT2D eigenvalue weighted by Gasteiger charge is -2.44. The number of carbonyl (C=O) groups excluding carboxylic acids is 1. The lowest BCUT2D eigenvalue weighted by atomic mass is 9.81. The highest BCUT2D eigenvalue weighted by atomic mass is 32.2. The maximum atomic E-state index is 13.9. The van der Waals surface area contributed by atoms with Crippen molar-refractivity contribution < 1.29 is 13.2 Å². The van der Waals surface area contributed by atoms with E-state index in [0.717, 1.165) is 29.5 Å². The number of carbonyl (C=O) groups is 1. The fourth-order valence-electron chi connectivity index (χ4n) is 6.27. The fraction of sp³-hybridized carbons (Fsp3) is 0.581. The Morgan fingerprint density at radius 1 is 1.12 bits per heavy atom. The van der Waals surface area contributed by atoms with Crippen LogP contribution in [0.2, 0.25) is 0 Å². The minimum Gasteiger partial charge on any atom is -0.357 e. The van der Waals surface area contributed by atoms with Gasteiger partial charge in [-0.3, -0.25) is 4.79 Å². The summed E-state index contributed by atoms with van der Waals surface area (Å²) in [6, 6.07) is 11.0. The van der Waals surface area contributed by atoms with Gasteiger partial charge in [-0.1, -0.05) is 39.0 Å². The number of nitrogens with zero attached hydrogens (tertiary/aromatic N) is 4. The van der Waals surface area contributed by atoms with E-state index in [-0.39, 0.29) is 29.0 Å². The predicted molar refractivity (Wildman–Crippen MR) is 166 cm³/mol. The quantitative estimate of drug-likeness (QED) is 0.374. The largest absolute Gasteiger partial charge is 0.357 e. The molecule has 222 valence electrons. The highest BCUT2D eigenvalue weighted by Crippen LogP contribution is 2.38. The molecule has 0 spiro atoms. The number of anilines is 1. The number of aromatic nitrogens is 2. The number of likely N-dealkylation sites (tertiary alicyclic amines) is 1. The van der Waals surface area contributed by atoms with Gasteiger partial charge in [-0.2, -0.15) is 0 Å². The van der Waals surface area contributed by atoms with Gasteiger partial charge in [-0.25, -0.2) is 18.4 Å². The average molecular weight is 598 g/mol. The molecule has 1 aliphatic carbocycles. The van der Waals surface area contributed by atoms with E-state index in [0.29, 0.717) is 35.8 Å². The Kier molecular flexibility index (Phi) is 8.47. The van der Waals surface area contributed by atoms with Crippen LogP contribution in [0.15, 0.2) is 47.6 Å². The molecule has 2 fully saturated rings. The van der Waals surface area contributed by atoms with Crippen molar-refractivity contribution in [2.24, 2.45) is 5.92 Å². The van der Waals surface area contributed by atoms with Gasteiger partial charge in [0, 0.05) is 29.5 Å². The number of rotatable bonds is 8. The van der Waals surface area contributed by atoms with Crippen LogP contribution < -0.4 is 5.32 Å². The van der Waals surface area contributed by atoms with Crippen LogP contribution in [-0.4, -0.2) is 77.6 Å². The fourth-order valence-corrected chi connectivity index (χ4v) is 9.07. The molecular weight excluding hydrogens is 555 g/mol. The van der Waals surface area contributed by atoms with Crippen molar-refractivity contribution in [1.29, 1.82) is 0 Å². The zero-order chi connectivity index (χ0) is 29.5. The van der Waals surface area contributed by atoms with Gasteiger partial charge >= 0.3 is 0 Å². The lowest BCUT2D eigenvalue weighted by molar-refractivity contribution is -0.132. The second-order valence-electron chi connectivity index (χ2n) is 13.0. The van der Waals surface area contributed by atoms with Gasteiger partial charge in [0.2, 0.25) is 5.91 Å². The predicted octanol–water partition coefficient (Wildman–Crippen LogP) is 5.35. The third-order valence-corrected chi connectivity index (χ3v) is 12.3. The summed E-state index contributed by atoms with van der Waals surface area (Å²) in [7, 11) is -1.37. The highest BCUT2D eigenvalue weighted by molar-refractivity contribution is 7.91. The Hall–Kier alpha value is -2.56. The second kappa shape index (κ2) is 11.6. The molecule has 3 heterocycles. The summed E-state index contributed by atoms with van der Waals surface area (Å²) in [6.07, 6.45) is 4.71. The van der Waals surface area contributed by atoms with Crippen molar-refractivity contribution in [2.45, 2.75) is 94.8 Å². The highest BCUT2D eigenvalue weighted by Gasteiger charge is 2.44. The number of sulfone groups is 1. The molecule has 8 nitrogen and oxygen atoms in total. The summed E-state index contributed by atoms with van der Waals surface area (Å²) in [5, 5.41) is 3.44. The number of amides is 1. The first kappa shape index (κ1) is 29.9.